The number of amides is 1. The zero-order valence-corrected chi connectivity index (χ0v) is 17.9. The van der Waals surface area contributed by atoms with Crippen LogP contribution in [0.4, 0.5) is 5.69 Å². The van der Waals surface area contributed by atoms with Crippen LogP contribution in [0.5, 0.6) is 5.75 Å². The number of anilines is 1. The van der Waals surface area contributed by atoms with Gasteiger partial charge in [0.25, 0.3) is 0 Å². The number of unbranched alkanes of at least 4 members (excludes halogenated alkanes) is 3. The van der Waals surface area contributed by atoms with Crippen molar-refractivity contribution >= 4 is 63.7 Å². The number of nitrogens with one attached hydrogen (secondary N) is 3. The molecular weight excluding hydrogens is 417 g/mol. The number of carbonyl (C=O) groups is 1. The zero-order valence-electron chi connectivity index (χ0n) is 14.8. The van der Waals surface area contributed by atoms with Crippen LogP contribution < -0.4 is 20.7 Å². The molecule has 0 aliphatic heterocycles. The average molecular weight is 441 g/mol. The van der Waals surface area contributed by atoms with Gasteiger partial charge in [-0.1, -0.05) is 61.0 Å². The van der Waals surface area contributed by atoms with Gasteiger partial charge in [-0.15, -0.1) is 0 Å². The summed E-state index contributed by atoms with van der Waals surface area (Å²) in [6, 6.07) is 7.16. The number of ether oxygens (including phenoxy) is 1. The summed E-state index contributed by atoms with van der Waals surface area (Å²) >= 11 is 23.1. The third-order valence-corrected chi connectivity index (χ3v) is 4.39. The van der Waals surface area contributed by atoms with Crippen LogP contribution in [0.1, 0.15) is 39.0 Å². The third-order valence-electron chi connectivity index (χ3n) is 3.51. The first-order chi connectivity index (χ1) is 12.3. The Kier molecular flexibility index (Phi) is 10.4. The molecule has 0 saturated carbocycles. The number of rotatable bonds is 9. The van der Waals surface area contributed by atoms with Gasteiger partial charge in [0.1, 0.15) is 11.9 Å². The number of alkyl halides is 3. The molecule has 1 atom stereocenters. The molecule has 9 heteroatoms. The van der Waals surface area contributed by atoms with Crippen molar-refractivity contribution in [3.63, 3.8) is 0 Å². The van der Waals surface area contributed by atoms with E-state index in [2.05, 4.69) is 22.9 Å². The van der Waals surface area contributed by atoms with Gasteiger partial charge in [-0.05, 0) is 42.9 Å². The lowest BCUT2D eigenvalue weighted by Crippen LogP contribution is -2.56. The molecule has 0 spiro atoms. The van der Waals surface area contributed by atoms with Gasteiger partial charge in [-0.25, -0.2) is 0 Å². The maximum Gasteiger partial charge on any atom is 0.228 e. The van der Waals surface area contributed by atoms with Crippen LogP contribution in [-0.4, -0.2) is 28.1 Å². The van der Waals surface area contributed by atoms with E-state index in [0.29, 0.717) is 6.42 Å². The predicted octanol–water partition coefficient (Wildman–Crippen LogP) is 4.76. The summed E-state index contributed by atoms with van der Waals surface area (Å²) in [4.78, 5) is 12.1. The first-order valence-electron chi connectivity index (χ1n) is 8.34. The smallest absolute Gasteiger partial charge is 0.228 e. The third kappa shape index (κ3) is 9.12. The average Bonchev–Trinajstić information content (AvgIpc) is 2.58. The Morgan fingerprint density at radius 1 is 1.15 bits per heavy atom. The van der Waals surface area contributed by atoms with E-state index in [1.165, 1.54) is 0 Å². The van der Waals surface area contributed by atoms with E-state index in [9.17, 15) is 4.79 Å². The molecule has 3 N–H and O–H groups in total. The first-order valence-corrected chi connectivity index (χ1v) is 9.88. The molecule has 0 aliphatic rings. The summed E-state index contributed by atoms with van der Waals surface area (Å²) in [6.45, 7) is 2.11. The van der Waals surface area contributed by atoms with Crippen LogP contribution in [0.15, 0.2) is 24.3 Å². The van der Waals surface area contributed by atoms with Gasteiger partial charge in [-0.2, -0.15) is 0 Å². The van der Waals surface area contributed by atoms with Crippen LogP contribution in [0.2, 0.25) is 0 Å². The van der Waals surface area contributed by atoms with E-state index in [1.807, 2.05) is 0 Å². The Morgan fingerprint density at radius 3 is 2.35 bits per heavy atom. The molecule has 26 heavy (non-hydrogen) atoms. The highest BCUT2D eigenvalue weighted by Crippen LogP contribution is 2.29. The van der Waals surface area contributed by atoms with Crippen LogP contribution >= 0.6 is 47.0 Å². The van der Waals surface area contributed by atoms with Crippen molar-refractivity contribution in [2.24, 2.45) is 0 Å². The standard InChI is InChI=1S/C17H24Cl3N3O2S/c1-3-4-5-6-7-14(24)22-15(17(18,19)20)23-16(26)21-12-8-10-13(25-2)11-9-12/h8-11,15H,3-7H2,1-2H3,(H,22,24)(H2,21,23,26)/t15-/m0/s1. The summed E-state index contributed by atoms with van der Waals surface area (Å²) in [5.74, 6) is 0.529. The number of benzene rings is 1. The first kappa shape index (κ1) is 23.1. The van der Waals surface area contributed by atoms with Gasteiger partial charge in [0, 0.05) is 12.1 Å². The van der Waals surface area contributed by atoms with Crippen molar-refractivity contribution < 1.29 is 9.53 Å². The highest BCUT2D eigenvalue weighted by molar-refractivity contribution is 7.80. The quantitative estimate of drug-likeness (QED) is 0.223. The molecule has 0 aromatic heterocycles. The largest absolute Gasteiger partial charge is 0.497 e. The lowest BCUT2D eigenvalue weighted by atomic mass is 10.1. The molecule has 0 fully saturated rings. The fourth-order valence-corrected chi connectivity index (χ4v) is 2.68. The Hall–Kier alpha value is -0.950. The van der Waals surface area contributed by atoms with Gasteiger partial charge in [0.2, 0.25) is 9.70 Å². The maximum atomic E-state index is 12.1. The number of methoxy groups -OCH3 is 1. The monoisotopic (exact) mass is 439 g/mol. The van der Waals surface area contributed by atoms with Gasteiger partial charge in [0.05, 0.1) is 7.11 Å². The molecule has 0 aliphatic carbocycles. The van der Waals surface area contributed by atoms with Crippen molar-refractivity contribution in [2.45, 2.75) is 49.0 Å². The number of carbonyl (C=O) groups excluding carboxylic acids is 1. The van der Waals surface area contributed by atoms with Crippen molar-refractivity contribution in [1.29, 1.82) is 0 Å². The van der Waals surface area contributed by atoms with Crippen molar-refractivity contribution in [3.8, 4) is 5.75 Å². The van der Waals surface area contributed by atoms with E-state index < -0.39 is 9.96 Å². The summed E-state index contributed by atoms with van der Waals surface area (Å²) in [5.41, 5.74) is 0.734. The van der Waals surface area contributed by atoms with Crippen molar-refractivity contribution in [3.05, 3.63) is 24.3 Å². The van der Waals surface area contributed by atoms with Crippen molar-refractivity contribution in [1.82, 2.24) is 10.6 Å². The summed E-state index contributed by atoms with van der Waals surface area (Å²) < 4.78 is 3.34. The molecule has 146 valence electrons. The molecule has 0 bridgehead atoms. The molecule has 0 radical (unpaired) electrons. The maximum absolute atomic E-state index is 12.1. The van der Waals surface area contributed by atoms with Crippen LogP contribution in [-0.2, 0) is 4.79 Å². The zero-order chi connectivity index (χ0) is 19.6. The van der Waals surface area contributed by atoms with Crippen LogP contribution in [0.3, 0.4) is 0 Å². The minimum atomic E-state index is -1.76. The molecule has 5 nitrogen and oxygen atoms in total. The second-order valence-electron chi connectivity index (χ2n) is 5.68. The van der Waals surface area contributed by atoms with Crippen LogP contribution in [0, 0.1) is 0 Å². The minimum absolute atomic E-state index is 0.197. The van der Waals surface area contributed by atoms with Gasteiger partial charge < -0.3 is 20.7 Å². The fraction of sp³-hybridized carbons (Fsp3) is 0.529. The van der Waals surface area contributed by atoms with Gasteiger partial charge in [0.15, 0.2) is 5.11 Å². The van der Waals surface area contributed by atoms with E-state index in [0.717, 1.165) is 37.1 Å². The Bertz CT molecular complexity index is 580. The molecule has 1 rings (SSSR count). The Balaban J connectivity index is 2.57. The molecule has 0 heterocycles. The van der Waals surface area contributed by atoms with Gasteiger partial charge in [-0.3, -0.25) is 4.79 Å². The summed E-state index contributed by atoms with van der Waals surface area (Å²) in [7, 11) is 1.59. The normalized spacial score (nSPS) is 12.2. The highest BCUT2D eigenvalue weighted by Gasteiger charge is 2.34. The van der Waals surface area contributed by atoms with E-state index in [1.54, 1.807) is 31.4 Å². The second-order valence-corrected chi connectivity index (χ2v) is 8.46. The minimum Gasteiger partial charge on any atom is -0.497 e. The predicted molar refractivity (Wildman–Crippen MR) is 113 cm³/mol. The highest BCUT2D eigenvalue weighted by atomic mass is 35.6. The van der Waals surface area contributed by atoms with Crippen LogP contribution in [0.25, 0.3) is 0 Å². The SMILES string of the molecule is CCCCCCC(=O)N[C@@H](NC(=S)Nc1ccc(OC)cc1)C(Cl)(Cl)Cl. The molecule has 1 amide bonds. The molecule has 0 saturated heterocycles. The van der Waals surface area contributed by atoms with E-state index in [4.69, 9.17) is 51.8 Å². The Morgan fingerprint density at radius 2 is 1.81 bits per heavy atom. The Labute approximate surface area is 175 Å². The summed E-state index contributed by atoms with van der Waals surface area (Å²) in [5, 5.41) is 8.69. The topological polar surface area (TPSA) is 62.4 Å². The molecule has 1 aromatic rings. The van der Waals surface area contributed by atoms with E-state index in [-0.39, 0.29) is 11.0 Å². The molecule has 1 aromatic carbocycles. The van der Waals surface area contributed by atoms with Crippen molar-refractivity contribution in [2.75, 3.05) is 12.4 Å². The molecule has 0 unspecified atom stereocenters. The number of halogens is 3. The number of hydrogen-bond donors (Lipinski definition) is 3. The number of hydrogen-bond acceptors (Lipinski definition) is 3. The second kappa shape index (κ2) is 11.7. The molecular formula is C17H24Cl3N3O2S. The number of thiocarbonyl (C=S) groups is 1. The van der Waals surface area contributed by atoms with Gasteiger partial charge >= 0.3 is 0 Å². The lowest BCUT2D eigenvalue weighted by molar-refractivity contribution is -0.122. The fourth-order valence-electron chi connectivity index (χ4n) is 2.12. The summed E-state index contributed by atoms with van der Waals surface area (Å²) in [6.07, 6.45) is 3.40. The lowest BCUT2D eigenvalue weighted by Gasteiger charge is -2.27. The van der Waals surface area contributed by atoms with E-state index >= 15 is 0 Å².